The van der Waals surface area contributed by atoms with Crippen molar-refractivity contribution in [3.05, 3.63) is 132 Å². The van der Waals surface area contributed by atoms with Crippen LogP contribution in [-0.4, -0.2) is 77.0 Å². The van der Waals surface area contributed by atoms with E-state index >= 15 is 0 Å². The lowest BCUT2D eigenvalue weighted by atomic mass is 10.0. The number of aromatic nitrogens is 3. The number of unbranched alkanes of at least 4 members (excludes halogenated alkanes) is 1. The fraction of sp³-hybridized carbons (Fsp3) is 0.302. The lowest BCUT2D eigenvalue weighted by molar-refractivity contribution is -0.140. The lowest BCUT2D eigenvalue weighted by Crippen LogP contribution is -2.50. The van der Waals surface area contributed by atoms with Crippen molar-refractivity contribution in [2.45, 2.75) is 56.8 Å². The standard InChI is InChI=1S/C43H48N8O5/c1-44-38(31-12-5-3-6-13-31)41(53)45-24-10-9-17-37-47-28-35(49-37)33-22-23-34(46-27-33)30-20-18-29(19-21-30)26-48-40(52)36-16-11-25-51(36)42(54)39(50-43(55)56-2)32-14-7-4-8-15-32/h3-8,12-15,18-23,27-28,36,38-39,44H,9-11,16-17,24-26H2,1-2H3,(H,45,53)(H,47,49)(H,48,52)(H,50,55)/t36?,38?,39-/m1/s1. The Morgan fingerprint density at radius 3 is 2.18 bits per heavy atom. The minimum Gasteiger partial charge on any atom is -0.453 e. The van der Waals surface area contributed by atoms with Gasteiger partial charge in [0.2, 0.25) is 11.8 Å². The number of alkyl carbamates (subject to hydrolysis) is 1. The summed E-state index contributed by atoms with van der Waals surface area (Å²) in [6.07, 6.45) is 6.61. The maximum atomic E-state index is 13.6. The number of aromatic amines is 1. The first kappa shape index (κ1) is 39.4. The largest absolute Gasteiger partial charge is 0.453 e. The Balaban J connectivity index is 0.960. The number of hydrogen-bond acceptors (Lipinski definition) is 8. The molecule has 56 heavy (non-hydrogen) atoms. The van der Waals surface area contributed by atoms with Gasteiger partial charge in [-0.15, -0.1) is 0 Å². The fourth-order valence-corrected chi connectivity index (χ4v) is 6.87. The third-order valence-electron chi connectivity index (χ3n) is 9.91. The number of likely N-dealkylation sites (tertiary alicyclic amines) is 1. The van der Waals surface area contributed by atoms with Crippen LogP contribution in [0.1, 0.15) is 60.3 Å². The van der Waals surface area contributed by atoms with Crippen LogP contribution in [0, 0.1) is 0 Å². The van der Waals surface area contributed by atoms with Crippen molar-refractivity contribution in [3.63, 3.8) is 0 Å². The van der Waals surface area contributed by atoms with Crippen molar-refractivity contribution in [1.82, 2.24) is 41.1 Å². The van der Waals surface area contributed by atoms with E-state index in [9.17, 15) is 19.2 Å². The summed E-state index contributed by atoms with van der Waals surface area (Å²) in [5.74, 6) is 0.250. The second-order valence-corrected chi connectivity index (χ2v) is 13.6. The Morgan fingerprint density at radius 1 is 0.821 bits per heavy atom. The van der Waals surface area contributed by atoms with Gasteiger partial charge in [0.05, 0.1) is 24.7 Å². The van der Waals surface area contributed by atoms with Gasteiger partial charge in [-0.2, -0.15) is 0 Å². The molecule has 0 aliphatic carbocycles. The number of carbonyl (C=O) groups is 4. The summed E-state index contributed by atoms with van der Waals surface area (Å²) in [6, 6.07) is 28.4. The summed E-state index contributed by atoms with van der Waals surface area (Å²) in [7, 11) is 3.03. The number of likely N-dealkylation sites (N-methyl/N-ethyl adjacent to an activating group) is 1. The van der Waals surface area contributed by atoms with E-state index in [-0.39, 0.29) is 23.8 Å². The van der Waals surface area contributed by atoms with Gasteiger partial charge in [-0.1, -0.05) is 84.9 Å². The van der Waals surface area contributed by atoms with Gasteiger partial charge >= 0.3 is 6.09 Å². The maximum absolute atomic E-state index is 13.6. The Hall–Kier alpha value is -6.34. The van der Waals surface area contributed by atoms with E-state index in [1.54, 1.807) is 36.2 Å². The number of methoxy groups -OCH3 is 1. The number of hydrogen-bond donors (Lipinski definition) is 5. The van der Waals surface area contributed by atoms with Crippen molar-refractivity contribution < 1.29 is 23.9 Å². The quantitative estimate of drug-likeness (QED) is 0.0852. The molecule has 1 aliphatic heterocycles. The molecule has 0 radical (unpaired) electrons. The van der Waals surface area contributed by atoms with E-state index in [0.29, 0.717) is 38.0 Å². The van der Waals surface area contributed by atoms with Crippen LogP contribution in [0.3, 0.4) is 0 Å². The summed E-state index contributed by atoms with van der Waals surface area (Å²) in [6.45, 7) is 1.31. The molecule has 3 atom stereocenters. The van der Waals surface area contributed by atoms with Gasteiger partial charge in [-0.05, 0) is 61.6 Å². The molecule has 290 valence electrons. The number of nitrogens with one attached hydrogen (secondary N) is 5. The van der Waals surface area contributed by atoms with Crippen molar-refractivity contribution in [1.29, 1.82) is 0 Å². The first-order valence-electron chi connectivity index (χ1n) is 18.9. The SMILES string of the molecule is CNC(C(=O)NCCCCc1ncc(-c2ccc(-c3ccc(CNC(=O)C4CCCN4C(=O)[C@H](NC(=O)OC)c4ccccc4)cc3)nc2)[nH]1)c1ccccc1. The van der Waals surface area contributed by atoms with Gasteiger partial charge in [0.25, 0.3) is 5.91 Å². The molecule has 2 unspecified atom stereocenters. The van der Waals surface area contributed by atoms with Gasteiger partial charge in [-0.3, -0.25) is 19.4 Å². The molecule has 0 spiro atoms. The molecule has 13 nitrogen and oxygen atoms in total. The molecule has 5 aromatic rings. The Bertz CT molecular complexity index is 2060. The van der Waals surface area contributed by atoms with Crippen molar-refractivity contribution >= 4 is 23.8 Å². The smallest absolute Gasteiger partial charge is 0.407 e. The third kappa shape index (κ3) is 10.0. The molecule has 6 rings (SSSR count). The number of carbonyl (C=O) groups excluding carboxylic acids is 4. The molecular formula is C43H48N8O5. The van der Waals surface area contributed by atoms with Crippen LogP contribution in [0.2, 0.25) is 0 Å². The van der Waals surface area contributed by atoms with Crippen LogP contribution < -0.4 is 21.3 Å². The van der Waals surface area contributed by atoms with E-state index in [0.717, 1.165) is 58.7 Å². The molecular weight excluding hydrogens is 709 g/mol. The zero-order valence-electron chi connectivity index (χ0n) is 31.7. The number of ether oxygens (including phenoxy) is 1. The number of amides is 4. The van der Waals surface area contributed by atoms with Crippen molar-refractivity contribution in [2.75, 3.05) is 27.2 Å². The van der Waals surface area contributed by atoms with E-state index in [4.69, 9.17) is 4.74 Å². The normalized spacial score (nSPS) is 14.8. The summed E-state index contributed by atoms with van der Waals surface area (Å²) >= 11 is 0. The van der Waals surface area contributed by atoms with Crippen molar-refractivity contribution in [2.24, 2.45) is 0 Å². The van der Waals surface area contributed by atoms with Crippen LogP contribution in [0.4, 0.5) is 4.79 Å². The number of imidazole rings is 1. The van der Waals surface area contributed by atoms with Crippen LogP contribution in [0.15, 0.2) is 109 Å². The molecule has 3 aromatic carbocycles. The second-order valence-electron chi connectivity index (χ2n) is 13.6. The van der Waals surface area contributed by atoms with Crippen LogP contribution in [-0.2, 0) is 32.1 Å². The number of nitrogens with zero attached hydrogens (tertiary/aromatic N) is 3. The van der Waals surface area contributed by atoms with Crippen LogP contribution >= 0.6 is 0 Å². The summed E-state index contributed by atoms with van der Waals surface area (Å²) in [5.41, 5.74) is 6.01. The first-order chi connectivity index (χ1) is 27.3. The van der Waals surface area contributed by atoms with Crippen LogP contribution in [0.25, 0.3) is 22.5 Å². The van der Waals surface area contributed by atoms with E-state index in [1.165, 1.54) is 7.11 Å². The molecule has 1 saturated heterocycles. The number of pyridine rings is 1. The van der Waals surface area contributed by atoms with Gasteiger partial charge in [0.1, 0.15) is 23.9 Å². The molecule has 5 N–H and O–H groups in total. The molecule has 1 aliphatic rings. The zero-order valence-corrected chi connectivity index (χ0v) is 31.7. The lowest BCUT2D eigenvalue weighted by Gasteiger charge is -2.28. The van der Waals surface area contributed by atoms with E-state index in [1.807, 2.05) is 85.2 Å². The molecule has 3 heterocycles. The number of aryl methyl sites for hydroxylation is 1. The highest BCUT2D eigenvalue weighted by molar-refractivity contribution is 5.92. The topological polar surface area (TPSA) is 170 Å². The first-order valence-corrected chi connectivity index (χ1v) is 18.9. The van der Waals surface area contributed by atoms with Crippen LogP contribution in [0.5, 0.6) is 0 Å². The van der Waals surface area contributed by atoms with E-state index < -0.39 is 18.2 Å². The van der Waals surface area contributed by atoms with Gasteiger partial charge in [-0.25, -0.2) is 9.78 Å². The van der Waals surface area contributed by atoms with Gasteiger partial charge in [0.15, 0.2) is 0 Å². The van der Waals surface area contributed by atoms with E-state index in [2.05, 4.69) is 36.2 Å². The highest BCUT2D eigenvalue weighted by Gasteiger charge is 2.38. The molecule has 0 saturated carbocycles. The fourth-order valence-electron chi connectivity index (χ4n) is 6.87. The minimum atomic E-state index is -0.967. The molecule has 0 bridgehead atoms. The van der Waals surface area contributed by atoms with Gasteiger partial charge < -0.3 is 35.9 Å². The zero-order chi connectivity index (χ0) is 39.3. The summed E-state index contributed by atoms with van der Waals surface area (Å²) < 4.78 is 4.76. The maximum Gasteiger partial charge on any atom is 0.407 e. The molecule has 4 amide bonds. The Morgan fingerprint density at radius 2 is 1.52 bits per heavy atom. The number of rotatable bonds is 16. The Kier molecular flexibility index (Phi) is 13.6. The number of H-pyrrole nitrogens is 1. The molecule has 13 heteroatoms. The average Bonchev–Trinajstić information content (AvgIpc) is 3.94. The highest BCUT2D eigenvalue weighted by Crippen LogP contribution is 2.25. The predicted molar refractivity (Wildman–Crippen MR) is 213 cm³/mol. The highest BCUT2D eigenvalue weighted by atomic mass is 16.5. The molecule has 2 aromatic heterocycles. The van der Waals surface area contributed by atoms with Crippen molar-refractivity contribution in [3.8, 4) is 22.5 Å². The summed E-state index contributed by atoms with van der Waals surface area (Å²) in [4.78, 5) is 65.9. The monoisotopic (exact) mass is 756 g/mol. The Labute approximate surface area is 326 Å². The predicted octanol–water partition coefficient (Wildman–Crippen LogP) is 5.24. The second kappa shape index (κ2) is 19.3. The average molecular weight is 757 g/mol. The minimum absolute atomic E-state index is 0.0385. The summed E-state index contributed by atoms with van der Waals surface area (Å²) in [5, 5.41) is 11.7. The third-order valence-corrected chi connectivity index (χ3v) is 9.91. The molecule has 1 fully saturated rings. The van der Waals surface area contributed by atoms with Gasteiger partial charge in [0, 0.05) is 43.4 Å². The number of benzene rings is 3.